The number of benzene rings is 4. The maximum Gasteiger partial charge on any atom is 0.0401 e. The number of nitrogens with one attached hydrogen (secondary N) is 2. The lowest BCUT2D eigenvalue weighted by Crippen LogP contribution is -2.11. The Labute approximate surface area is 254 Å². The minimum Gasteiger partial charge on any atom is -0.387 e. The van der Waals surface area contributed by atoms with E-state index in [1.165, 1.54) is 55.7 Å². The summed E-state index contributed by atoms with van der Waals surface area (Å²) in [4.78, 5) is 0. The first-order valence-corrected chi connectivity index (χ1v) is 15.3. The van der Waals surface area contributed by atoms with Gasteiger partial charge in [0.15, 0.2) is 0 Å². The summed E-state index contributed by atoms with van der Waals surface area (Å²) < 4.78 is 1.08. The Hall–Kier alpha value is -4.08. The highest BCUT2D eigenvalue weighted by atomic mass is 79.9. The highest BCUT2D eigenvalue weighted by molar-refractivity contribution is 9.10. The lowest BCUT2D eigenvalue weighted by molar-refractivity contribution is 0.976. The van der Waals surface area contributed by atoms with Crippen LogP contribution in [0.2, 0.25) is 0 Å². The van der Waals surface area contributed by atoms with Gasteiger partial charge in [-0.05, 0) is 110 Å². The van der Waals surface area contributed by atoms with Gasteiger partial charge in [0, 0.05) is 23.8 Å². The average molecular weight is 604 g/mol. The molecule has 2 aliphatic heterocycles. The zero-order chi connectivity index (χ0) is 29.0. The molecule has 0 bridgehead atoms. The second-order valence-corrected chi connectivity index (χ2v) is 10.2. The van der Waals surface area contributed by atoms with Crippen molar-refractivity contribution in [3.8, 4) is 33.4 Å². The van der Waals surface area contributed by atoms with E-state index in [0.29, 0.717) is 0 Å². The molecular weight excluding hydrogens is 564 g/mol. The van der Waals surface area contributed by atoms with Crippen molar-refractivity contribution in [2.75, 3.05) is 13.1 Å². The highest BCUT2D eigenvalue weighted by Gasteiger charge is 2.11. The van der Waals surface area contributed by atoms with E-state index in [2.05, 4.69) is 148 Å². The van der Waals surface area contributed by atoms with Crippen LogP contribution in [-0.4, -0.2) is 13.1 Å². The number of dihydropyridines is 2. The van der Waals surface area contributed by atoms with Gasteiger partial charge in [-0.1, -0.05) is 110 Å². The molecule has 0 atom stereocenters. The zero-order valence-electron chi connectivity index (χ0n) is 24.4. The monoisotopic (exact) mass is 602 g/mol. The molecule has 0 aliphatic carbocycles. The highest BCUT2D eigenvalue weighted by Crippen LogP contribution is 2.35. The molecule has 6 rings (SSSR count). The minimum absolute atomic E-state index is 0.842. The summed E-state index contributed by atoms with van der Waals surface area (Å²) in [6, 6.07) is 33.1. The van der Waals surface area contributed by atoms with E-state index in [0.717, 1.165) is 17.6 Å². The van der Waals surface area contributed by atoms with Crippen molar-refractivity contribution in [1.82, 2.24) is 10.6 Å². The summed E-state index contributed by atoms with van der Waals surface area (Å²) in [5, 5.41) is 6.65. The molecule has 4 aromatic rings. The Kier molecular flexibility index (Phi) is 11.0. The molecule has 0 spiro atoms. The Morgan fingerprint density at radius 2 is 1.12 bits per heavy atom. The van der Waals surface area contributed by atoms with Crippen LogP contribution in [0, 0.1) is 0 Å². The molecule has 41 heavy (non-hydrogen) atoms. The largest absolute Gasteiger partial charge is 0.387 e. The second kappa shape index (κ2) is 15.1. The maximum atomic E-state index is 3.66. The van der Waals surface area contributed by atoms with E-state index in [9.17, 15) is 0 Å². The van der Waals surface area contributed by atoms with Crippen LogP contribution in [0.4, 0.5) is 0 Å². The fraction of sp³-hybridized carbons (Fsp3) is 0.158. The van der Waals surface area contributed by atoms with Gasteiger partial charge in [-0.15, -0.1) is 0 Å². The predicted octanol–water partition coefficient (Wildman–Crippen LogP) is 10.5. The molecule has 208 valence electrons. The third kappa shape index (κ3) is 7.56. The van der Waals surface area contributed by atoms with Gasteiger partial charge in [0.25, 0.3) is 0 Å². The number of hydrogen-bond acceptors (Lipinski definition) is 2. The van der Waals surface area contributed by atoms with Crippen LogP contribution in [0.25, 0.3) is 44.5 Å². The van der Waals surface area contributed by atoms with Crippen LogP contribution in [0.5, 0.6) is 0 Å². The molecule has 2 aliphatic rings. The Morgan fingerprint density at radius 1 is 0.585 bits per heavy atom. The van der Waals surface area contributed by atoms with Crippen molar-refractivity contribution in [1.29, 1.82) is 0 Å². The molecule has 0 saturated heterocycles. The van der Waals surface area contributed by atoms with Crippen molar-refractivity contribution in [3.05, 3.63) is 143 Å². The molecule has 2 heterocycles. The van der Waals surface area contributed by atoms with E-state index in [4.69, 9.17) is 0 Å². The lowest BCUT2D eigenvalue weighted by Gasteiger charge is -2.15. The second-order valence-electron chi connectivity index (χ2n) is 9.31. The van der Waals surface area contributed by atoms with Crippen molar-refractivity contribution in [2.24, 2.45) is 0 Å². The van der Waals surface area contributed by atoms with Gasteiger partial charge in [0.2, 0.25) is 0 Å². The number of hydrogen-bond donors (Lipinski definition) is 2. The van der Waals surface area contributed by atoms with Crippen molar-refractivity contribution >= 4 is 27.1 Å². The number of allylic oxidation sites excluding steroid dienone is 4. The summed E-state index contributed by atoms with van der Waals surface area (Å²) in [5.74, 6) is 0. The smallest absolute Gasteiger partial charge is 0.0401 e. The minimum atomic E-state index is 0.842. The van der Waals surface area contributed by atoms with E-state index in [1.54, 1.807) is 0 Å². The molecule has 3 heteroatoms. The first-order valence-electron chi connectivity index (χ1n) is 14.5. The average Bonchev–Trinajstić information content (AvgIpc) is 3.07. The van der Waals surface area contributed by atoms with Gasteiger partial charge >= 0.3 is 0 Å². The van der Waals surface area contributed by atoms with Gasteiger partial charge in [-0.25, -0.2) is 0 Å². The van der Waals surface area contributed by atoms with E-state index >= 15 is 0 Å². The van der Waals surface area contributed by atoms with Crippen molar-refractivity contribution in [2.45, 2.75) is 27.7 Å². The molecule has 0 fully saturated rings. The van der Waals surface area contributed by atoms with Gasteiger partial charge in [0.1, 0.15) is 0 Å². The molecule has 0 radical (unpaired) electrons. The Balaban J connectivity index is 0.000000929. The molecule has 0 saturated carbocycles. The van der Waals surface area contributed by atoms with Crippen molar-refractivity contribution < 1.29 is 0 Å². The van der Waals surface area contributed by atoms with Crippen molar-refractivity contribution in [3.63, 3.8) is 0 Å². The van der Waals surface area contributed by atoms with E-state index in [1.807, 2.05) is 33.9 Å². The molecule has 0 aromatic heterocycles. The van der Waals surface area contributed by atoms with E-state index < -0.39 is 0 Å². The number of rotatable bonds is 5. The standard InChI is InChI=1S/C34H27BrN2.2C2H6/c35-34-13-3-10-28(21-34)33-19-31(26-8-1-6-24(16-26)29-11-4-14-36-22-29)18-32(20-33)27-9-2-7-25(17-27)30-12-5-15-37-23-30;2*1-2/h1-14,16-21,23,36-37H,15,22H2;2*1-2H3. The van der Waals surface area contributed by atoms with Crippen LogP contribution in [0.1, 0.15) is 38.8 Å². The summed E-state index contributed by atoms with van der Waals surface area (Å²) in [5.41, 5.74) is 12.2. The molecular formula is C38H39BrN2. The van der Waals surface area contributed by atoms with Crippen LogP contribution < -0.4 is 10.6 Å². The Morgan fingerprint density at radius 3 is 1.68 bits per heavy atom. The third-order valence-electron chi connectivity index (χ3n) is 6.78. The lowest BCUT2D eigenvalue weighted by atomic mass is 9.91. The van der Waals surface area contributed by atoms with Crippen LogP contribution in [-0.2, 0) is 0 Å². The van der Waals surface area contributed by atoms with E-state index in [-0.39, 0.29) is 0 Å². The Bertz CT molecular complexity index is 1590. The maximum absolute atomic E-state index is 3.66. The van der Waals surface area contributed by atoms with Gasteiger partial charge < -0.3 is 10.6 Å². The van der Waals surface area contributed by atoms with Crippen LogP contribution in [0.3, 0.4) is 0 Å². The van der Waals surface area contributed by atoms with Gasteiger partial charge in [0.05, 0.1) is 0 Å². The predicted molar refractivity (Wildman–Crippen MR) is 183 cm³/mol. The molecule has 0 unspecified atom stereocenters. The molecule has 0 amide bonds. The topological polar surface area (TPSA) is 24.1 Å². The normalized spacial score (nSPS) is 13.3. The summed E-state index contributed by atoms with van der Waals surface area (Å²) in [6.07, 6.45) is 12.7. The SMILES string of the molecule is Brc1cccc(-c2cc(-c3cccc(C4=CNCC=C4)c3)cc(-c3cccc(C4=CC=CNC4)c3)c2)c1.CC.CC. The quantitative estimate of drug-likeness (QED) is 0.237. The number of halogens is 1. The summed E-state index contributed by atoms with van der Waals surface area (Å²) >= 11 is 3.66. The van der Waals surface area contributed by atoms with Crippen LogP contribution in [0.15, 0.2) is 132 Å². The van der Waals surface area contributed by atoms with Gasteiger partial charge in [-0.2, -0.15) is 0 Å². The first kappa shape index (κ1) is 29.9. The zero-order valence-corrected chi connectivity index (χ0v) is 26.0. The first-order chi connectivity index (χ1) is 20.2. The van der Waals surface area contributed by atoms with Gasteiger partial charge in [-0.3, -0.25) is 0 Å². The third-order valence-corrected chi connectivity index (χ3v) is 7.27. The molecule has 2 nitrogen and oxygen atoms in total. The molecule has 4 aromatic carbocycles. The summed E-state index contributed by atoms with van der Waals surface area (Å²) in [7, 11) is 0. The summed E-state index contributed by atoms with van der Waals surface area (Å²) in [6.45, 7) is 9.72. The van der Waals surface area contributed by atoms with Crippen LogP contribution >= 0.6 is 15.9 Å². The molecule has 2 N–H and O–H groups in total. The fourth-order valence-corrected chi connectivity index (χ4v) is 5.28. The fourth-order valence-electron chi connectivity index (χ4n) is 4.88.